The fourth-order valence-electron chi connectivity index (χ4n) is 5.65. The lowest BCUT2D eigenvalue weighted by Gasteiger charge is -2.35. The number of rotatable bonds is 5. The Morgan fingerprint density at radius 1 is 0.974 bits per heavy atom. The van der Waals surface area contributed by atoms with Crippen molar-refractivity contribution in [1.29, 1.82) is 0 Å². The molecule has 39 heavy (non-hydrogen) atoms. The zero-order chi connectivity index (χ0) is 26.9. The molecular formula is C32H29Cl2N3OS. The molecule has 1 aliphatic heterocycles. The summed E-state index contributed by atoms with van der Waals surface area (Å²) in [4.78, 5) is 21.6. The zero-order valence-corrected chi connectivity index (χ0v) is 24.0. The molecule has 0 radical (unpaired) electrons. The first-order valence-corrected chi connectivity index (χ1v) is 14.9. The van der Waals surface area contributed by atoms with Crippen molar-refractivity contribution in [2.24, 2.45) is 10.9 Å². The van der Waals surface area contributed by atoms with Crippen molar-refractivity contribution in [3.63, 3.8) is 0 Å². The van der Waals surface area contributed by atoms with Crippen LogP contribution in [0.1, 0.15) is 43.7 Å². The van der Waals surface area contributed by atoms with Gasteiger partial charge >= 0.3 is 0 Å². The van der Waals surface area contributed by atoms with Gasteiger partial charge in [0.2, 0.25) is 0 Å². The molecule has 1 saturated heterocycles. The second-order valence-corrected chi connectivity index (χ2v) is 12.1. The quantitative estimate of drug-likeness (QED) is 0.223. The molecular weight excluding hydrogens is 545 g/mol. The molecule has 4 aromatic rings. The van der Waals surface area contributed by atoms with E-state index in [1.165, 1.54) is 18.2 Å². The van der Waals surface area contributed by atoms with Gasteiger partial charge in [-0.05, 0) is 72.5 Å². The van der Waals surface area contributed by atoms with Gasteiger partial charge in [0.05, 0.1) is 20.6 Å². The minimum Gasteiger partial charge on any atom is -0.342 e. The maximum atomic E-state index is 14.0. The normalized spacial score (nSPS) is 21.9. The number of aromatic nitrogens is 1. The predicted octanol–water partition coefficient (Wildman–Crippen LogP) is 9.18. The number of para-hydroxylation sites is 2. The highest BCUT2D eigenvalue weighted by Crippen LogP contribution is 2.41. The van der Waals surface area contributed by atoms with Crippen LogP contribution in [0.25, 0.3) is 17.0 Å². The van der Waals surface area contributed by atoms with Gasteiger partial charge in [-0.15, -0.1) is 0 Å². The Kier molecular flexibility index (Phi) is 7.57. The molecule has 1 saturated carbocycles. The minimum atomic E-state index is 0.0507. The molecule has 6 rings (SSSR count). The van der Waals surface area contributed by atoms with E-state index in [4.69, 9.17) is 28.2 Å². The Morgan fingerprint density at radius 2 is 1.74 bits per heavy atom. The van der Waals surface area contributed by atoms with Crippen LogP contribution in [0.2, 0.25) is 10.0 Å². The van der Waals surface area contributed by atoms with Gasteiger partial charge in [-0.2, -0.15) is 0 Å². The molecule has 198 valence electrons. The van der Waals surface area contributed by atoms with E-state index >= 15 is 0 Å². The molecule has 2 heterocycles. The number of aliphatic imine (C=N–C) groups is 1. The number of fused-ring (bicyclic) bond motifs is 1. The maximum Gasteiger partial charge on any atom is 0.267 e. The molecule has 0 N–H and O–H groups in total. The molecule has 7 heteroatoms. The number of halogens is 2. The Bertz CT molecular complexity index is 1590. The molecule has 0 spiro atoms. The second kappa shape index (κ2) is 11.2. The van der Waals surface area contributed by atoms with Crippen LogP contribution in [0.15, 0.2) is 88.9 Å². The molecule has 2 fully saturated rings. The number of carbonyl (C=O) groups is 1. The molecule has 0 unspecified atom stereocenters. The molecule has 4 nitrogen and oxygen atoms in total. The summed E-state index contributed by atoms with van der Waals surface area (Å²) in [5.41, 5.74) is 4.03. The van der Waals surface area contributed by atoms with Crippen LogP contribution >= 0.6 is 35.0 Å². The summed E-state index contributed by atoms with van der Waals surface area (Å²) in [5.74, 6) is 0.492. The molecule has 0 bridgehead atoms. The topological polar surface area (TPSA) is 37.6 Å². The molecule has 1 amide bonds. The highest BCUT2D eigenvalue weighted by molar-refractivity contribution is 8.18. The fourth-order valence-corrected chi connectivity index (χ4v) is 7.00. The van der Waals surface area contributed by atoms with E-state index in [2.05, 4.69) is 29.8 Å². The Hall–Kier alpha value is -2.99. The second-order valence-electron chi connectivity index (χ2n) is 10.3. The van der Waals surface area contributed by atoms with E-state index in [9.17, 15) is 4.79 Å². The summed E-state index contributed by atoms with van der Waals surface area (Å²) in [6, 6.07) is 24.1. The van der Waals surface area contributed by atoms with Crippen molar-refractivity contribution in [2.75, 3.05) is 0 Å². The lowest BCUT2D eigenvalue weighted by Crippen LogP contribution is -2.44. The molecule has 1 aliphatic carbocycles. The largest absolute Gasteiger partial charge is 0.342 e. The summed E-state index contributed by atoms with van der Waals surface area (Å²) in [5, 5.41) is 2.97. The van der Waals surface area contributed by atoms with Crippen molar-refractivity contribution in [1.82, 2.24) is 9.47 Å². The van der Waals surface area contributed by atoms with Crippen molar-refractivity contribution >= 4 is 68.7 Å². The molecule has 1 aromatic heterocycles. The van der Waals surface area contributed by atoms with Crippen LogP contribution in [0, 0.1) is 5.92 Å². The van der Waals surface area contributed by atoms with Gasteiger partial charge in [0.15, 0.2) is 5.17 Å². The molecule has 2 atom stereocenters. The molecule has 3 aromatic carbocycles. The van der Waals surface area contributed by atoms with Crippen LogP contribution in [-0.4, -0.2) is 26.6 Å². The Labute approximate surface area is 243 Å². The number of amides is 1. The third kappa shape index (κ3) is 5.41. The van der Waals surface area contributed by atoms with Gasteiger partial charge in [-0.1, -0.05) is 85.4 Å². The number of hydrogen-bond donors (Lipinski definition) is 0. The predicted molar refractivity (Wildman–Crippen MR) is 165 cm³/mol. The SMILES string of the molecule is C[C@H]1CCCC[C@@H]1N1C(=O)/C(=C/c2cn(Cc3ccc(Cl)c(Cl)c3)c3ccccc23)SC1=Nc1ccccc1. The van der Waals surface area contributed by atoms with Gasteiger partial charge in [0.1, 0.15) is 0 Å². The van der Waals surface area contributed by atoms with Gasteiger partial charge < -0.3 is 4.57 Å². The number of hydrogen-bond acceptors (Lipinski definition) is 3. The Balaban J connectivity index is 1.39. The number of benzene rings is 3. The van der Waals surface area contributed by atoms with Crippen LogP contribution in [0.3, 0.4) is 0 Å². The summed E-state index contributed by atoms with van der Waals surface area (Å²) >= 11 is 13.9. The molecule has 2 aliphatic rings. The third-order valence-corrected chi connectivity index (χ3v) is 9.38. The van der Waals surface area contributed by atoms with E-state index < -0.39 is 0 Å². The maximum absolute atomic E-state index is 14.0. The van der Waals surface area contributed by atoms with Gasteiger partial charge in [0, 0.05) is 35.2 Å². The zero-order valence-electron chi connectivity index (χ0n) is 21.7. The van der Waals surface area contributed by atoms with Crippen molar-refractivity contribution in [2.45, 2.75) is 45.2 Å². The standard InChI is InChI=1S/C32H29Cl2N3OS/c1-21-9-5-7-13-28(21)37-31(38)30(39-32(37)35-24-10-3-2-4-11-24)18-23-20-36(29-14-8-6-12-25(23)29)19-22-15-16-26(33)27(34)17-22/h2-4,6,8,10-12,14-18,20-21,28H,5,7,9,13,19H2,1H3/b30-18-,35-32?/t21-,28-/m0/s1. The van der Waals surface area contributed by atoms with Crippen LogP contribution < -0.4 is 0 Å². The number of carbonyl (C=O) groups excluding carboxylic acids is 1. The first-order chi connectivity index (χ1) is 19.0. The van der Waals surface area contributed by atoms with Crippen molar-refractivity contribution in [3.05, 3.63) is 105 Å². The smallest absolute Gasteiger partial charge is 0.267 e. The number of nitrogens with zero attached hydrogens (tertiary/aromatic N) is 3. The minimum absolute atomic E-state index is 0.0507. The van der Waals surface area contributed by atoms with Crippen molar-refractivity contribution in [3.8, 4) is 0 Å². The van der Waals surface area contributed by atoms with Gasteiger partial charge in [0.25, 0.3) is 5.91 Å². The van der Waals surface area contributed by atoms with Crippen molar-refractivity contribution < 1.29 is 4.79 Å². The van der Waals surface area contributed by atoms with Crippen LogP contribution in [-0.2, 0) is 11.3 Å². The van der Waals surface area contributed by atoms with Crippen LogP contribution in [0.5, 0.6) is 0 Å². The highest BCUT2D eigenvalue weighted by atomic mass is 35.5. The van der Waals surface area contributed by atoms with E-state index in [-0.39, 0.29) is 11.9 Å². The monoisotopic (exact) mass is 573 g/mol. The first kappa shape index (κ1) is 26.2. The van der Waals surface area contributed by atoms with E-state index in [1.54, 1.807) is 0 Å². The van der Waals surface area contributed by atoms with E-state index in [1.807, 2.05) is 71.6 Å². The Morgan fingerprint density at radius 3 is 2.54 bits per heavy atom. The van der Waals surface area contributed by atoms with E-state index in [0.29, 0.717) is 27.4 Å². The average molecular weight is 575 g/mol. The van der Waals surface area contributed by atoms with Gasteiger partial charge in [-0.3, -0.25) is 9.69 Å². The first-order valence-electron chi connectivity index (χ1n) is 13.4. The summed E-state index contributed by atoms with van der Waals surface area (Å²) in [6.45, 7) is 2.91. The summed E-state index contributed by atoms with van der Waals surface area (Å²) in [6.07, 6.45) is 8.67. The number of thioether (sulfide) groups is 1. The van der Waals surface area contributed by atoms with Crippen LogP contribution in [0.4, 0.5) is 5.69 Å². The lowest BCUT2D eigenvalue weighted by molar-refractivity contribution is -0.124. The highest BCUT2D eigenvalue weighted by Gasteiger charge is 2.41. The summed E-state index contributed by atoms with van der Waals surface area (Å²) < 4.78 is 2.20. The number of amidine groups is 1. The fraction of sp³-hybridized carbons (Fsp3) is 0.250. The van der Waals surface area contributed by atoms with Gasteiger partial charge in [-0.25, -0.2) is 4.99 Å². The third-order valence-electron chi connectivity index (χ3n) is 7.66. The average Bonchev–Trinajstić information content (AvgIpc) is 3.44. The summed E-state index contributed by atoms with van der Waals surface area (Å²) in [7, 11) is 0. The lowest BCUT2D eigenvalue weighted by atomic mass is 9.85. The van der Waals surface area contributed by atoms with E-state index in [0.717, 1.165) is 52.1 Å².